The van der Waals surface area contributed by atoms with Gasteiger partial charge in [0.1, 0.15) is 0 Å². The molecule has 0 heterocycles. The summed E-state index contributed by atoms with van der Waals surface area (Å²) in [7, 11) is 0. The summed E-state index contributed by atoms with van der Waals surface area (Å²) in [4.78, 5) is 0. The number of benzene rings is 2. The zero-order chi connectivity index (χ0) is 14.0. The largest absolute Gasteiger partial charge is 0.394 e. The quantitative estimate of drug-likeness (QED) is 0.873. The Morgan fingerprint density at radius 1 is 1.10 bits per heavy atom. The van der Waals surface area contributed by atoms with Crippen LogP contribution in [0, 0.1) is 0 Å². The van der Waals surface area contributed by atoms with E-state index in [1.165, 1.54) is 11.1 Å². The average Bonchev–Trinajstić information content (AvgIpc) is 2.49. The fourth-order valence-corrected chi connectivity index (χ4v) is 2.95. The van der Waals surface area contributed by atoms with Crippen molar-refractivity contribution in [1.29, 1.82) is 0 Å². The van der Waals surface area contributed by atoms with Crippen LogP contribution in [0.4, 0.5) is 0 Å². The summed E-state index contributed by atoms with van der Waals surface area (Å²) in [5, 5.41) is 13.3. The molecule has 0 spiro atoms. The van der Waals surface area contributed by atoms with E-state index in [-0.39, 0.29) is 12.1 Å². The SMILES string of the molecule is CC(CO)(NCC1Cc2ccccc21)c1ccccc1. The Balaban J connectivity index is 1.69. The lowest BCUT2D eigenvalue weighted by Crippen LogP contribution is -2.46. The van der Waals surface area contributed by atoms with Crippen LogP contribution in [-0.2, 0) is 12.0 Å². The molecule has 2 N–H and O–H groups in total. The van der Waals surface area contributed by atoms with Gasteiger partial charge in [0.25, 0.3) is 0 Å². The third-order valence-corrected chi connectivity index (χ3v) is 4.43. The summed E-state index contributed by atoms with van der Waals surface area (Å²) >= 11 is 0. The third-order valence-electron chi connectivity index (χ3n) is 4.43. The smallest absolute Gasteiger partial charge is 0.0652 e. The number of nitrogens with one attached hydrogen (secondary N) is 1. The molecule has 0 amide bonds. The van der Waals surface area contributed by atoms with E-state index in [1.54, 1.807) is 0 Å². The summed E-state index contributed by atoms with van der Waals surface area (Å²) in [6, 6.07) is 18.8. The fourth-order valence-electron chi connectivity index (χ4n) is 2.95. The lowest BCUT2D eigenvalue weighted by molar-refractivity contribution is 0.172. The summed E-state index contributed by atoms with van der Waals surface area (Å²) in [5.41, 5.74) is 3.68. The van der Waals surface area contributed by atoms with Crippen LogP contribution in [0.1, 0.15) is 29.5 Å². The molecule has 2 heteroatoms. The van der Waals surface area contributed by atoms with Crippen LogP contribution in [0.15, 0.2) is 54.6 Å². The molecule has 0 aromatic heterocycles. The van der Waals surface area contributed by atoms with E-state index >= 15 is 0 Å². The molecule has 2 unspecified atom stereocenters. The summed E-state index contributed by atoms with van der Waals surface area (Å²) in [5.74, 6) is 0.570. The van der Waals surface area contributed by atoms with E-state index in [4.69, 9.17) is 0 Å². The van der Waals surface area contributed by atoms with Crippen LogP contribution in [0.3, 0.4) is 0 Å². The molecule has 0 bridgehead atoms. The average molecular weight is 267 g/mol. The molecular weight excluding hydrogens is 246 g/mol. The molecule has 0 aliphatic heterocycles. The van der Waals surface area contributed by atoms with E-state index in [1.807, 2.05) is 18.2 Å². The number of fused-ring (bicyclic) bond motifs is 1. The molecule has 20 heavy (non-hydrogen) atoms. The molecule has 0 saturated heterocycles. The minimum atomic E-state index is -0.369. The first-order valence-corrected chi connectivity index (χ1v) is 7.22. The zero-order valence-corrected chi connectivity index (χ0v) is 11.8. The van der Waals surface area contributed by atoms with Gasteiger partial charge in [-0.15, -0.1) is 0 Å². The highest BCUT2D eigenvalue weighted by Crippen LogP contribution is 2.35. The van der Waals surface area contributed by atoms with Gasteiger partial charge in [0.05, 0.1) is 12.1 Å². The molecule has 2 aromatic rings. The third kappa shape index (κ3) is 2.37. The van der Waals surface area contributed by atoms with Crippen molar-refractivity contribution in [3.05, 3.63) is 71.3 Å². The Morgan fingerprint density at radius 2 is 1.80 bits per heavy atom. The summed E-state index contributed by atoms with van der Waals surface area (Å²) in [6.45, 7) is 3.07. The molecular formula is C18H21NO. The molecule has 0 radical (unpaired) electrons. The highest BCUT2D eigenvalue weighted by Gasteiger charge is 2.30. The molecule has 1 aliphatic rings. The lowest BCUT2D eigenvalue weighted by atomic mass is 9.77. The van der Waals surface area contributed by atoms with Gasteiger partial charge in [0.2, 0.25) is 0 Å². The molecule has 2 aromatic carbocycles. The van der Waals surface area contributed by atoms with Crippen molar-refractivity contribution in [2.24, 2.45) is 0 Å². The van der Waals surface area contributed by atoms with Gasteiger partial charge in [-0.2, -0.15) is 0 Å². The normalized spacial score (nSPS) is 19.8. The zero-order valence-electron chi connectivity index (χ0n) is 11.8. The van der Waals surface area contributed by atoms with Crippen LogP contribution in [0.25, 0.3) is 0 Å². The maximum atomic E-state index is 9.78. The van der Waals surface area contributed by atoms with Gasteiger partial charge in [0.15, 0.2) is 0 Å². The molecule has 2 atom stereocenters. The van der Waals surface area contributed by atoms with Gasteiger partial charge in [-0.1, -0.05) is 54.6 Å². The van der Waals surface area contributed by atoms with Gasteiger partial charge < -0.3 is 10.4 Å². The topological polar surface area (TPSA) is 32.3 Å². The van der Waals surface area contributed by atoms with E-state index < -0.39 is 0 Å². The second-order valence-electron chi connectivity index (χ2n) is 5.84. The molecule has 104 valence electrons. The minimum absolute atomic E-state index is 0.103. The van der Waals surface area contributed by atoms with Crippen molar-refractivity contribution in [1.82, 2.24) is 5.32 Å². The van der Waals surface area contributed by atoms with E-state index in [2.05, 4.69) is 48.6 Å². The summed E-state index contributed by atoms with van der Waals surface area (Å²) < 4.78 is 0. The Hall–Kier alpha value is -1.64. The van der Waals surface area contributed by atoms with E-state index in [0.29, 0.717) is 5.92 Å². The van der Waals surface area contributed by atoms with Crippen LogP contribution in [0.5, 0.6) is 0 Å². The van der Waals surface area contributed by atoms with Gasteiger partial charge in [-0.25, -0.2) is 0 Å². The van der Waals surface area contributed by atoms with Gasteiger partial charge in [-0.05, 0) is 30.0 Å². The number of hydrogen-bond donors (Lipinski definition) is 2. The van der Waals surface area contributed by atoms with Gasteiger partial charge >= 0.3 is 0 Å². The van der Waals surface area contributed by atoms with Crippen molar-refractivity contribution >= 4 is 0 Å². The van der Waals surface area contributed by atoms with Crippen LogP contribution in [-0.4, -0.2) is 18.3 Å². The first-order valence-electron chi connectivity index (χ1n) is 7.22. The van der Waals surface area contributed by atoms with Crippen molar-refractivity contribution < 1.29 is 5.11 Å². The van der Waals surface area contributed by atoms with Gasteiger partial charge in [0, 0.05) is 12.5 Å². The van der Waals surface area contributed by atoms with Crippen LogP contribution in [0.2, 0.25) is 0 Å². The first-order chi connectivity index (χ1) is 9.73. The monoisotopic (exact) mass is 267 g/mol. The second-order valence-corrected chi connectivity index (χ2v) is 5.84. The van der Waals surface area contributed by atoms with Crippen molar-refractivity contribution in [2.75, 3.05) is 13.2 Å². The minimum Gasteiger partial charge on any atom is -0.394 e. The molecule has 2 nitrogen and oxygen atoms in total. The number of aliphatic hydroxyl groups excluding tert-OH is 1. The van der Waals surface area contributed by atoms with Gasteiger partial charge in [-0.3, -0.25) is 0 Å². The number of hydrogen-bond acceptors (Lipinski definition) is 2. The second kappa shape index (κ2) is 5.39. The maximum absolute atomic E-state index is 9.78. The Kier molecular flexibility index (Phi) is 3.60. The maximum Gasteiger partial charge on any atom is 0.0652 e. The Labute approximate surface area is 120 Å². The van der Waals surface area contributed by atoms with Crippen LogP contribution < -0.4 is 5.32 Å². The van der Waals surface area contributed by atoms with E-state index in [0.717, 1.165) is 18.5 Å². The fraction of sp³-hybridized carbons (Fsp3) is 0.333. The standard InChI is InChI=1S/C18H21NO/c1-18(13-20,16-8-3-2-4-9-16)19-12-15-11-14-7-5-6-10-17(14)15/h2-10,15,19-20H,11-13H2,1H3. The molecule has 0 saturated carbocycles. The highest BCUT2D eigenvalue weighted by atomic mass is 16.3. The van der Waals surface area contributed by atoms with Crippen molar-refractivity contribution in [3.63, 3.8) is 0 Å². The molecule has 0 fully saturated rings. The number of aliphatic hydroxyl groups is 1. The number of rotatable bonds is 5. The molecule has 3 rings (SSSR count). The Morgan fingerprint density at radius 3 is 2.50 bits per heavy atom. The lowest BCUT2D eigenvalue weighted by Gasteiger charge is -2.36. The van der Waals surface area contributed by atoms with Crippen molar-refractivity contribution in [3.8, 4) is 0 Å². The van der Waals surface area contributed by atoms with Crippen molar-refractivity contribution in [2.45, 2.75) is 24.8 Å². The first kappa shape index (κ1) is 13.3. The predicted octanol–water partition coefficient (Wildman–Crippen LogP) is 2.82. The highest BCUT2D eigenvalue weighted by molar-refractivity contribution is 5.40. The summed E-state index contributed by atoms with van der Waals surface area (Å²) in [6.07, 6.45) is 1.14. The van der Waals surface area contributed by atoms with Crippen LogP contribution >= 0.6 is 0 Å². The molecule has 1 aliphatic carbocycles. The van der Waals surface area contributed by atoms with E-state index in [9.17, 15) is 5.11 Å². The predicted molar refractivity (Wildman–Crippen MR) is 81.8 cm³/mol. The Bertz CT molecular complexity index is 581.